The van der Waals surface area contributed by atoms with Crippen molar-refractivity contribution in [2.75, 3.05) is 10.5 Å². The molecule has 0 fully saturated rings. The van der Waals surface area contributed by atoms with Gasteiger partial charge in [0.2, 0.25) is 10.0 Å². The summed E-state index contributed by atoms with van der Waals surface area (Å²) < 4.78 is 27.5. The molecule has 0 radical (unpaired) electrons. The van der Waals surface area contributed by atoms with Gasteiger partial charge in [0, 0.05) is 10.7 Å². The standard InChI is InChI=1S/C14H15BrN2O2S/c1-11(12-5-3-2-4-6-12)10-20(18,19)17-14-8-7-13(15)9-16-14/h2-9,11H,10H2,1H3,(H,16,17)/t11-/m1/s1. The van der Waals surface area contributed by atoms with Crippen LogP contribution < -0.4 is 4.72 Å². The molecule has 1 atom stereocenters. The van der Waals surface area contributed by atoms with Gasteiger partial charge in [0.25, 0.3) is 0 Å². The Labute approximate surface area is 127 Å². The molecule has 1 N–H and O–H groups in total. The zero-order valence-electron chi connectivity index (χ0n) is 11.0. The minimum Gasteiger partial charge on any atom is -0.267 e. The highest BCUT2D eigenvalue weighted by atomic mass is 79.9. The van der Waals surface area contributed by atoms with Crippen molar-refractivity contribution in [3.05, 3.63) is 58.7 Å². The van der Waals surface area contributed by atoms with Crippen molar-refractivity contribution < 1.29 is 8.42 Å². The van der Waals surface area contributed by atoms with E-state index in [0.717, 1.165) is 10.0 Å². The zero-order valence-corrected chi connectivity index (χ0v) is 13.4. The quantitative estimate of drug-likeness (QED) is 0.894. The van der Waals surface area contributed by atoms with E-state index >= 15 is 0 Å². The van der Waals surface area contributed by atoms with Crippen molar-refractivity contribution in [2.45, 2.75) is 12.8 Å². The molecule has 6 heteroatoms. The van der Waals surface area contributed by atoms with Crippen LogP contribution in [0.3, 0.4) is 0 Å². The molecular formula is C14H15BrN2O2S. The van der Waals surface area contributed by atoms with Gasteiger partial charge >= 0.3 is 0 Å². The van der Waals surface area contributed by atoms with Crippen molar-refractivity contribution >= 4 is 31.8 Å². The third-order valence-electron chi connectivity index (χ3n) is 2.83. The largest absolute Gasteiger partial charge is 0.267 e. The molecule has 1 aromatic heterocycles. The van der Waals surface area contributed by atoms with Crippen molar-refractivity contribution in [3.63, 3.8) is 0 Å². The molecule has 0 saturated heterocycles. The zero-order chi connectivity index (χ0) is 14.6. The van der Waals surface area contributed by atoms with E-state index in [0.29, 0.717) is 5.82 Å². The van der Waals surface area contributed by atoms with Crippen LogP contribution in [0.1, 0.15) is 18.4 Å². The first kappa shape index (κ1) is 15.0. The Morgan fingerprint density at radius 3 is 2.50 bits per heavy atom. The summed E-state index contributed by atoms with van der Waals surface area (Å²) in [6, 6.07) is 12.9. The number of nitrogens with one attached hydrogen (secondary N) is 1. The van der Waals surface area contributed by atoms with Gasteiger partial charge in [-0.3, -0.25) is 4.72 Å². The van der Waals surface area contributed by atoms with Crippen LogP contribution in [-0.4, -0.2) is 19.2 Å². The highest BCUT2D eigenvalue weighted by Gasteiger charge is 2.17. The van der Waals surface area contributed by atoms with Gasteiger partial charge in [-0.05, 0) is 39.5 Å². The van der Waals surface area contributed by atoms with Crippen LogP contribution in [0.2, 0.25) is 0 Å². The van der Waals surface area contributed by atoms with E-state index in [-0.39, 0.29) is 11.7 Å². The fourth-order valence-electron chi connectivity index (χ4n) is 1.84. The summed E-state index contributed by atoms with van der Waals surface area (Å²) in [6.45, 7) is 1.89. The molecule has 0 amide bonds. The van der Waals surface area contributed by atoms with E-state index in [1.165, 1.54) is 0 Å². The van der Waals surface area contributed by atoms with Gasteiger partial charge < -0.3 is 0 Å². The Morgan fingerprint density at radius 2 is 1.90 bits per heavy atom. The number of sulfonamides is 1. The lowest BCUT2D eigenvalue weighted by molar-refractivity contribution is 0.595. The maximum atomic E-state index is 12.1. The Kier molecular flexibility index (Phi) is 4.77. The van der Waals surface area contributed by atoms with E-state index in [9.17, 15) is 8.42 Å². The average molecular weight is 355 g/mol. The van der Waals surface area contributed by atoms with Crippen molar-refractivity contribution in [1.29, 1.82) is 0 Å². The number of aromatic nitrogens is 1. The minimum absolute atomic E-state index is 0.0226. The lowest BCUT2D eigenvalue weighted by Gasteiger charge is -2.13. The second-order valence-electron chi connectivity index (χ2n) is 4.56. The van der Waals surface area contributed by atoms with E-state index in [2.05, 4.69) is 25.6 Å². The summed E-state index contributed by atoms with van der Waals surface area (Å²) in [5.41, 5.74) is 1.00. The second-order valence-corrected chi connectivity index (χ2v) is 7.24. The monoisotopic (exact) mass is 354 g/mol. The maximum absolute atomic E-state index is 12.1. The lowest BCUT2D eigenvalue weighted by Crippen LogP contribution is -2.21. The van der Waals surface area contributed by atoms with Gasteiger partial charge in [0.05, 0.1) is 5.75 Å². The lowest BCUT2D eigenvalue weighted by atomic mass is 10.0. The number of hydrogen-bond donors (Lipinski definition) is 1. The third kappa shape index (κ3) is 4.31. The molecule has 2 aromatic rings. The van der Waals surface area contributed by atoms with Crippen LogP contribution in [0.4, 0.5) is 5.82 Å². The molecule has 0 aliphatic rings. The Bertz CT molecular complexity index is 657. The molecule has 0 spiro atoms. The highest BCUT2D eigenvalue weighted by molar-refractivity contribution is 9.10. The average Bonchev–Trinajstić information content (AvgIpc) is 2.41. The van der Waals surface area contributed by atoms with Gasteiger partial charge in [0.1, 0.15) is 5.82 Å². The number of anilines is 1. The minimum atomic E-state index is -3.42. The van der Waals surface area contributed by atoms with Crippen molar-refractivity contribution in [1.82, 2.24) is 4.98 Å². The predicted molar refractivity (Wildman–Crippen MR) is 84.2 cm³/mol. The van der Waals surface area contributed by atoms with Crippen LogP contribution in [0, 0.1) is 0 Å². The summed E-state index contributed by atoms with van der Waals surface area (Å²) in [5, 5.41) is 0. The smallest absolute Gasteiger partial charge is 0.234 e. The first-order valence-electron chi connectivity index (χ1n) is 6.13. The highest BCUT2D eigenvalue weighted by Crippen LogP contribution is 2.18. The van der Waals surface area contributed by atoms with E-state index < -0.39 is 10.0 Å². The number of nitrogens with zero attached hydrogens (tertiary/aromatic N) is 1. The Hall–Kier alpha value is -1.40. The molecule has 2 rings (SSSR count). The number of hydrogen-bond acceptors (Lipinski definition) is 3. The normalized spacial score (nSPS) is 12.9. The van der Waals surface area contributed by atoms with Crippen LogP contribution in [0.25, 0.3) is 0 Å². The van der Waals surface area contributed by atoms with Crippen molar-refractivity contribution in [3.8, 4) is 0 Å². The topological polar surface area (TPSA) is 59.1 Å². The molecule has 1 heterocycles. The van der Waals surface area contributed by atoms with E-state index in [4.69, 9.17) is 0 Å². The number of halogens is 1. The van der Waals surface area contributed by atoms with Crippen LogP contribution >= 0.6 is 15.9 Å². The second kappa shape index (κ2) is 6.37. The van der Waals surface area contributed by atoms with Gasteiger partial charge in [0.15, 0.2) is 0 Å². The Balaban J connectivity index is 2.06. The van der Waals surface area contributed by atoms with Crippen LogP contribution in [0.5, 0.6) is 0 Å². The molecule has 106 valence electrons. The molecule has 0 aliphatic heterocycles. The van der Waals surface area contributed by atoms with Gasteiger partial charge in [-0.1, -0.05) is 37.3 Å². The molecule has 0 aliphatic carbocycles. The fraction of sp³-hybridized carbons (Fsp3) is 0.214. The first-order chi connectivity index (χ1) is 9.46. The molecule has 0 bridgehead atoms. The number of pyridine rings is 1. The van der Waals surface area contributed by atoms with E-state index in [1.54, 1.807) is 18.3 Å². The first-order valence-corrected chi connectivity index (χ1v) is 8.58. The SMILES string of the molecule is C[C@H](CS(=O)(=O)Nc1ccc(Br)cn1)c1ccccc1. The summed E-state index contributed by atoms with van der Waals surface area (Å²) in [6.07, 6.45) is 1.55. The molecule has 0 unspecified atom stereocenters. The number of rotatable bonds is 5. The fourth-order valence-corrected chi connectivity index (χ4v) is 3.45. The summed E-state index contributed by atoms with van der Waals surface area (Å²) in [4.78, 5) is 4.01. The van der Waals surface area contributed by atoms with Gasteiger partial charge in [-0.25, -0.2) is 13.4 Å². The van der Waals surface area contributed by atoms with Gasteiger partial charge in [-0.15, -0.1) is 0 Å². The molecule has 0 saturated carbocycles. The summed E-state index contributed by atoms with van der Waals surface area (Å²) >= 11 is 3.26. The van der Waals surface area contributed by atoms with E-state index in [1.807, 2.05) is 37.3 Å². The molecule has 1 aromatic carbocycles. The number of benzene rings is 1. The third-order valence-corrected chi connectivity index (χ3v) is 4.75. The summed E-state index contributed by atoms with van der Waals surface area (Å²) in [5.74, 6) is 0.270. The van der Waals surface area contributed by atoms with Crippen LogP contribution in [-0.2, 0) is 10.0 Å². The molecular weight excluding hydrogens is 340 g/mol. The maximum Gasteiger partial charge on any atom is 0.234 e. The van der Waals surface area contributed by atoms with Gasteiger partial charge in [-0.2, -0.15) is 0 Å². The van der Waals surface area contributed by atoms with Crippen LogP contribution in [0.15, 0.2) is 53.1 Å². The molecule has 20 heavy (non-hydrogen) atoms. The predicted octanol–water partition coefficient (Wildman–Crippen LogP) is 3.39. The molecule has 4 nitrogen and oxygen atoms in total. The Morgan fingerprint density at radius 1 is 1.20 bits per heavy atom. The van der Waals surface area contributed by atoms with Crippen molar-refractivity contribution in [2.24, 2.45) is 0 Å². The summed E-state index contributed by atoms with van der Waals surface area (Å²) in [7, 11) is -3.42.